The van der Waals surface area contributed by atoms with Gasteiger partial charge in [0.05, 0.1) is 4.90 Å². The smallest absolute Gasteiger partial charge is 0.251 e. The molecule has 0 spiro atoms. The van der Waals surface area contributed by atoms with E-state index in [1.54, 1.807) is 31.6 Å². The van der Waals surface area contributed by atoms with Gasteiger partial charge in [0, 0.05) is 51.8 Å². The topological polar surface area (TPSA) is 88.6 Å². The zero-order chi connectivity index (χ0) is 19.7. The number of benzene rings is 1. The minimum Gasteiger partial charge on any atom is -0.385 e. The number of carbonyl (C=O) groups excluding carboxylic acids is 1. The lowest BCUT2D eigenvalue weighted by Gasteiger charge is -2.17. The number of amides is 1. The molecule has 0 unspecified atom stereocenters. The first-order valence-corrected chi connectivity index (χ1v) is 10.1. The molecular formula is C19H25N3O4S. The highest BCUT2D eigenvalue weighted by atomic mass is 32.2. The van der Waals surface area contributed by atoms with Crippen molar-refractivity contribution in [3.8, 4) is 0 Å². The predicted molar refractivity (Wildman–Crippen MR) is 103 cm³/mol. The minimum atomic E-state index is -3.68. The molecule has 1 aromatic carbocycles. The Hall–Kier alpha value is -2.29. The Morgan fingerprint density at radius 1 is 1.22 bits per heavy atom. The van der Waals surface area contributed by atoms with Gasteiger partial charge in [-0.1, -0.05) is 6.07 Å². The SMILES string of the molecule is COCCCNC(=O)c1cccc(S(=O)(=O)N(C)CCc2ccncc2)c1. The van der Waals surface area contributed by atoms with Crippen LogP contribution < -0.4 is 5.32 Å². The predicted octanol–water partition coefficient (Wildman–Crippen LogP) is 1.71. The van der Waals surface area contributed by atoms with Gasteiger partial charge in [0.1, 0.15) is 0 Å². The molecule has 0 saturated heterocycles. The molecule has 0 radical (unpaired) electrons. The molecule has 0 aliphatic carbocycles. The van der Waals surface area contributed by atoms with Crippen LogP contribution in [0.2, 0.25) is 0 Å². The summed E-state index contributed by atoms with van der Waals surface area (Å²) in [6, 6.07) is 9.79. The Morgan fingerprint density at radius 2 is 1.96 bits per heavy atom. The number of hydrogen-bond donors (Lipinski definition) is 1. The fourth-order valence-corrected chi connectivity index (χ4v) is 3.67. The van der Waals surface area contributed by atoms with E-state index in [1.165, 1.54) is 23.5 Å². The van der Waals surface area contributed by atoms with E-state index in [1.807, 2.05) is 12.1 Å². The third-order valence-electron chi connectivity index (χ3n) is 4.08. The second-order valence-corrected chi connectivity index (χ2v) is 8.11. The van der Waals surface area contributed by atoms with Crippen LogP contribution in [0, 0.1) is 0 Å². The molecule has 7 nitrogen and oxygen atoms in total. The Balaban J connectivity index is 2.03. The maximum Gasteiger partial charge on any atom is 0.251 e. The average Bonchev–Trinajstić information content (AvgIpc) is 2.70. The number of carbonyl (C=O) groups is 1. The van der Waals surface area contributed by atoms with Crippen molar-refractivity contribution in [1.29, 1.82) is 0 Å². The molecule has 0 aliphatic heterocycles. The van der Waals surface area contributed by atoms with Crippen LogP contribution in [0.25, 0.3) is 0 Å². The molecule has 0 aliphatic rings. The fraction of sp³-hybridized carbons (Fsp3) is 0.368. The molecule has 0 fully saturated rings. The lowest BCUT2D eigenvalue weighted by molar-refractivity contribution is 0.0948. The van der Waals surface area contributed by atoms with Gasteiger partial charge in [-0.25, -0.2) is 12.7 Å². The number of methoxy groups -OCH3 is 1. The van der Waals surface area contributed by atoms with E-state index in [0.29, 0.717) is 38.1 Å². The zero-order valence-electron chi connectivity index (χ0n) is 15.6. The summed E-state index contributed by atoms with van der Waals surface area (Å²) in [7, 11) is -0.542. The normalized spacial score (nSPS) is 11.5. The summed E-state index contributed by atoms with van der Waals surface area (Å²) in [4.78, 5) is 16.3. The molecule has 1 aromatic heterocycles. The van der Waals surface area contributed by atoms with Gasteiger partial charge in [0.15, 0.2) is 0 Å². The van der Waals surface area contributed by atoms with E-state index in [0.717, 1.165) is 5.56 Å². The molecule has 27 heavy (non-hydrogen) atoms. The number of nitrogens with one attached hydrogen (secondary N) is 1. The van der Waals surface area contributed by atoms with Crippen molar-refractivity contribution in [2.45, 2.75) is 17.7 Å². The van der Waals surface area contributed by atoms with Crippen molar-refractivity contribution < 1.29 is 17.9 Å². The zero-order valence-corrected chi connectivity index (χ0v) is 16.4. The molecule has 1 heterocycles. The van der Waals surface area contributed by atoms with Crippen LogP contribution in [0.1, 0.15) is 22.3 Å². The standard InChI is InChI=1S/C19H25N3O4S/c1-22(13-9-16-7-11-20-12-8-16)27(24,25)18-6-3-5-17(15-18)19(23)21-10-4-14-26-2/h3,5-8,11-12,15H,4,9-10,13-14H2,1-2H3,(H,21,23). The van der Waals surface area contributed by atoms with Crippen LogP contribution in [0.3, 0.4) is 0 Å². The molecular weight excluding hydrogens is 366 g/mol. The number of nitrogens with zero attached hydrogens (tertiary/aromatic N) is 2. The highest BCUT2D eigenvalue weighted by molar-refractivity contribution is 7.89. The summed E-state index contributed by atoms with van der Waals surface area (Å²) in [6.45, 7) is 1.35. The quantitative estimate of drug-likeness (QED) is 0.623. The summed E-state index contributed by atoms with van der Waals surface area (Å²) < 4.78 is 31.8. The van der Waals surface area contributed by atoms with Gasteiger partial charge < -0.3 is 10.1 Å². The number of ether oxygens (including phenoxy) is 1. The van der Waals surface area contributed by atoms with Crippen LogP contribution >= 0.6 is 0 Å². The molecule has 1 N–H and O–H groups in total. The van der Waals surface area contributed by atoms with Crippen molar-refractivity contribution in [2.24, 2.45) is 0 Å². The van der Waals surface area contributed by atoms with E-state index < -0.39 is 10.0 Å². The first-order valence-electron chi connectivity index (χ1n) is 8.67. The molecule has 0 atom stereocenters. The summed E-state index contributed by atoms with van der Waals surface area (Å²) in [5.41, 5.74) is 1.33. The Labute approximate surface area is 160 Å². The number of hydrogen-bond acceptors (Lipinski definition) is 5. The molecule has 8 heteroatoms. The van der Waals surface area contributed by atoms with Crippen LogP contribution in [0.15, 0.2) is 53.7 Å². The molecule has 2 aromatic rings. The molecule has 0 bridgehead atoms. The van der Waals surface area contributed by atoms with Crippen molar-refractivity contribution >= 4 is 15.9 Å². The third-order valence-corrected chi connectivity index (χ3v) is 5.93. The van der Waals surface area contributed by atoms with Crippen LogP contribution in [-0.4, -0.2) is 57.5 Å². The van der Waals surface area contributed by atoms with Crippen molar-refractivity contribution in [1.82, 2.24) is 14.6 Å². The monoisotopic (exact) mass is 391 g/mol. The highest BCUT2D eigenvalue weighted by Crippen LogP contribution is 2.16. The summed E-state index contributed by atoms with van der Waals surface area (Å²) in [5.74, 6) is -0.303. The van der Waals surface area contributed by atoms with Crippen molar-refractivity contribution in [3.63, 3.8) is 0 Å². The van der Waals surface area contributed by atoms with E-state index in [2.05, 4.69) is 10.3 Å². The average molecular weight is 391 g/mol. The number of rotatable bonds is 10. The van der Waals surface area contributed by atoms with Crippen LogP contribution in [0.4, 0.5) is 0 Å². The minimum absolute atomic E-state index is 0.101. The van der Waals surface area contributed by atoms with Gasteiger partial charge in [0.2, 0.25) is 10.0 Å². The molecule has 1 amide bonds. The Bertz CT molecular complexity index is 841. The lowest BCUT2D eigenvalue weighted by atomic mass is 10.2. The van der Waals surface area contributed by atoms with Crippen LogP contribution in [0.5, 0.6) is 0 Å². The lowest BCUT2D eigenvalue weighted by Crippen LogP contribution is -2.30. The van der Waals surface area contributed by atoms with E-state index in [-0.39, 0.29) is 10.8 Å². The van der Waals surface area contributed by atoms with Gasteiger partial charge in [-0.3, -0.25) is 9.78 Å². The van der Waals surface area contributed by atoms with Gasteiger partial charge in [0.25, 0.3) is 5.91 Å². The summed E-state index contributed by atoms with van der Waals surface area (Å²) in [5, 5.41) is 2.76. The maximum absolute atomic E-state index is 12.8. The van der Waals surface area contributed by atoms with Crippen molar-refractivity contribution in [2.75, 3.05) is 33.9 Å². The Kier molecular flexibility index (Phi) is 7.90. The van der Waals surface area contributed by atoms with Crippen molar-refractivity contribution in [3.05, 3.63) is 59.9 Å². The van der Waals surface area contributed by atoms with Gasteiger partial charge >= 0.3 is 0 Å². The highest BCUT2D eigenvalue weighted by Gasteiger charge is 2.21. The molecule has 2 rings (SSSR count). The summed E-state index contributed by atoms with van der Waals surface area (Å²) in [6.07, 6.45) is 4.63. The number of sulfonamides is 1. The number of likely N-dealkylation sites (N-methyl/N-ethyl adjacent to an activating group) is 1. The first-order chi connectivity index (χ1) is 12.9. The van der Waals surface area contributed by atoms with Gasteiger partial charge in [-0.2, -0.15) is 0 Å². The first kappa shape index (κ1) is 21.0. The van der Waals surface area contributed by atoms with Gasteiger partial charge in [-0.05, 0) is 48.7 Å². The molecule has 0 saturated carbocycles. The second kappa shape index (κ2) is 10.1. The summed E-state index contributed by atoms with van der Waals surface area (Å²) >= 11 is 0. The maximum atomic E-state index is 12.8. The fourth-order valence-electron chi connectivity index (χ4n) is 2.45. The van der Waals surface area contributed by atoms with Crippen LogP contribution in [-0.2, 0) is 21.2 Å². The molecule has 146 valence electrons. The second-order valence-electron chi connectivity index (χ2n) is 6.06. The number of aromatic nitrogens is 1. The third kappa shape index (κ3) is 6.13. The number of pyridine rings is 1. The Morgan fingerprint density at radius 3 is 2.67 bits per heavy atom. The van der Waals surface area contributed by atoms with E-state index >= 15 is 0 Å². The van der Waals surface area contributed by atoms with Gasteiger partial charge in [-0.15, -0.1) is 0 Å². The van der Waals surface area contributed by atoms with E-state index in [9.17, 15) is 13.2 Å². The van der Waals surface area contributed by atoms with E-state index in [4.69, 9.17) is 4.74 Å². The largest absolute Gasteiger partial charge is 0.385 e.